The molecule has 124 valence electrons. The number of carbonyl (C=O) groups excluding carboxylic acids is 1. The Morgan fingerprint density at radius 2 is 1.80 bits per heavy atom. The molecule has 1 aliphatic rings. The van der Waals surface area contributed by atoms with Gasteiger partial charge in [0.1, 0.15) is 12.0 Å². The van der Waals surface area contributed by atoms with Crippen LogP contribution in [0.2, 0.25) is 0 Å². The first kappa shape index (κ1) is 15.4. The number of pyridine rings is 1. The molecule has 0 bridgehead atoms. The Balaban J connectivity index is 1.70. The third-order valence-corrected chi connectivity index (χ3v) is 4.45. The summed E-state index contributed by atoms with van der Waals surface area (Å²) in [6, 6.07) is 21.8. The van der Waals surface area contributed by atoms with Crippen molar-refractivity contribution in [3.05, 3.63) is 95.2 Å². The highest BCUT2D eigenvalue weighted by Gasteiger charge is 2.36. The van der Waals surface area contributed by atoms with Gasteiger partial charge >= 0.3 is 0 Å². The summed E-state index contributed by atoms with van der Waals surface area (Å²) in [5, 5.41) is 3.43. The molecule has 0 radical (unpaired) electrons. The van der Waals surface area contributed by atoms with Crippen LogP contribution in [0, 0.1) is 6.92 Å². The molecule has 25 heavy (non-hydrogen) atoms. The van der Waals surface area contributed by atoms with E-state index in [1.807, 2.05) is 78.6 Å². The van der Waals surface area contributed by atoms with Crippen molar-refractivity contribution in [2.24, 2.45) is 0 Å². The van der Waals surface area contributed by atoms with E-state index in [0.29, 0.717) is 6.54 Å². The van der Waals surface area contributed by atoms with Crippen molar-refractivity contribution in [2.75, 3.05) is 5.32 Å². The summed E-state index contributed by atoms with van der Waals surface area (Å²) in [7, 11) is 0. The van der Waals surface area contributed by atoms with Crippen LogP contribution in [0.3, 0.4) is 0 Å². The fraction of sp³-hybridized carbons (Fsp3) is 0.143. The SMILES string of the molecule is Cc1ccnc(NC2c3ccccc3C(=O)N2Cc2ccccc2)c1. The molecule has 4 heteroatoms. The molecule has 2 heterocycles. The van der Waals surface area contributed by atoms with Crippen molar-refractivity contribution in [2.45, 2.75) is 19.6 Å². The number of aromatic nitrogens is 1. The predicted octanol–water partition coefficient (Wildman–Crippen LogP) is 4.16. The monoisotopic (exact) mass is 329 g/mol. The Hall–Kier alpha value is -3.14. The molecule has 0 spiro atoms. The maximum absolute atomic E-state index is 12.9. The van der Waals surface area contributed by atoms with Gasteiger partial charge < -0.3 is 10.2 Å². The molecule has 3 aromatic rings. The van der Waals surface area contributed by atoms with Crippen LogP contribution in [-0.2, 0) is 6.54 Å². The highest BCUT2D eigenvalue weighted by molar-refractivity contribution is 5.99. The lowest BCUT2D eigenvalue weighted by atomic mass is 10.1. The fourth-order valence-corrected chi connectivity index (χ4v) is 3.22. The Bertz CT molecular complexity index is 908. The number of anilines is 1. The molecular weight excluding hydrogens is 310 g/mol. The number of rotatable bonds is 4. The minimum atomic E-state index is -0.224. The van der Waals surface area contributed by atoms with Crippen molar-refractivity contribution in [1.82, 2.24) is 9.88 Å². The van der Waals surface area contributed by atoms with E-state index in [9.17, 15) is 4.79 Å². The van der Waals surface area contributed by atoms with Crippen LogP contribution in [0.1, 0.15) is 33.2 Å². The summed E-state index contributed by atoms with van der Waals surface area (Å²) < 4.78 is 0. The van der Waals surface area contributed by atoms with Gasteiger partial charge in [-0.05, 0) is 36.2 Å². The number of nitrogens with one attached hydrogen (secondary N) is 1. The van der Waals surface area contributed by atoms with Crippen molar-refractivity contribution in [3.8, 4) is 0 Å². The van der Waals surface area contributed by atoms with Gasteiger partial charge in [-0.1, -0.05) is 48.5 Å². The molecule has 4 nitrogen and oxygen atoms in total. The first-order chi connectivity index (χ1) is 12.2. The van der Waals surface area contributed by atoms with Gasteiger partial charge in [-0.25, -0.2) is 4.98 Å². The van der Waals surface area contributed by atoms with E-state index in [1.54, 1.807) is 6.20 Å². The first-order valence-electron chi connectivity index (χ1n) is 8.35. The molecule has 2 aromatic carbocycles. The molecule has 4 rings (SSSR count). The van der Waals surface area contributed by atoms with Gasteiger partial charge in [-0.2, -0.15) is 0 Å². The van der Waals surface area contributed by atoms with Crippen LogP contribution < -0.4 is 5.32 Å². The van der Waals surface area contributed by atoms with Gasteiger partial charge in [0.05, 0.1) is 0 Å². The van der Waals surface area contributed by atoms with Gasteiger partial charge in [0.15, 0.2) is 0 Å². The Morgan fingerprint density at radius 3 is 2.60 bits per heavy atom. The highest BCUT2D eigenvalue weighted by Crippen LogP contribution is 2.35. The van der Waals surface area contributed by atoms with Crippen LogP contribution in [-0.4, -0.2) is 15.8 Å². The van der Waals surface area contributed by atoms with Crippen LogP contribution in [0.4, 0.5) is 5.82 Å². The van der Waals surface area contributed by atoms with Gasteiger partial charge in [0, 0.05) is 23.9 Å². The summed E-state index contributed by atoms with van der Waals surface area (Å²) in [4.78, 5) is 19.2. The molecular formula is C21H19N3O. The largest absolute Gasteiger partial charge is 0.346 e. The topological polar surface area (TPSA) is 45.2 Å². The molecule has 1 unspecified atom stereocenters. The lowest BCUT2D eigenvalue weighted by Gasteiger charge is -2.27. The zero-order chi connectivity index (χ0) is 17.2. The van der Waals surface area contributed by atoms with Crippen LogP contribution in [0.25, 0.3) is 0 Å². The number of hydrogen-bond donors (Lipinski definition) is 1. The molecule has 1 aliphatic heterocycles. The summed E-state index contributed by atoms with van der Waals surface area (Å²) in [6.07, 6.45) is 1.56. The van der Waals surface area contributed by atoms with Gasteiger partial charge in [0.25, 0.3) is 5.91 Å². The molecule has 0 saturated carbocycles. The quantitative estimate of drug-likeness (QED) is 0.782. The number of carbonyl (C=O) groups is 1. The van der Waals surface area contributed by atoms with E-state index in [0.717, 1.165) is 28.1 Å². The third kappa shape index (κ3) is 2.98. The van der Waals surface area contributed by atoms with Crippen molar-refractivity contribution in [3.63, 3.8) is 0 Å². The lowest BCUT2D eigenvalue weighted by molar-refractivity contribution is 0.0728. The predicted molar refractivity (Wildman–Crippen MR) is 98.1 cm³/mol. The Morgan fingerprint density at radius 1 is 1.04 bits per heavy atom. The highest BCUT2D eigenvalue weighted by atomic mass is 16.2. The van der Waals surface area contributed by atoms with E-state index in [-0.39, 0.29) is 12.1 Å². The third-order valence-electron chi connectivity index (χ3n) is 4.45. The average Bonchev–Trinajstić information content (AvgIpc) is 2.89. The number of amides is 1. The van der Waals surface area contributed by atoms with Crippen LogP contribution in [0.15, 0.2) is 72.9 Å². The van der Waals surface area contributed by atoms with Gasteiger partial charge in [-0.15, -0.1) is 0 Å². The zero-order valence-electron chi connectivity index (χ0n) is 14.0. The maximum atomic E-state index is 12.9. The summed E-state index contributed by atoms with van der Waals surface area (Å²) in [5.41, 5.74) is 3.98. The minimum Gasteiger partial charge on any atom is -0.346 e. The molecule has 1 N–H and O–H groups in total. The Labute approximate surface area is 147 Å². The fourth-order valence-electron chi connectivity index (χ4n) is 3.22. The molecule has 1 atom stereocenters. The van der Waals surface area contributed by atoms with Gasteiger partial charge in [-0.3, -0.25) is 4.79 Å². The number of nitrogens with zero attached hydrogens (tertiary/aromatic N) is 2. The number of aryl methyl sites for hydroxylation is 1. The molecule has 0 saturated heterocycles. The lowest BCUT2D eigenvalue weighted by Crippen LogP contribution is -2.32. The number of hydrogen-bond acceptors (Lipinski definition) is 3. The molecule has 1 aromatic heterocycles. The van der Waals surface area contributed by atoms with E-state index >= 15 is 0 Å². The van der Waals surface area contributed by atoms with Crippen molar-refractivity contribution in [1.29, 1.82) is 0 Å². The number of fused-ring (bicyclic) bond motifs is 1. The van der Waals surface area contributed by atoms with E-state index < -0.39 is 0 Å². The maximum Gasteiger partial charge on any atom is 0.256 e. The average molecular weight is 329 g/mol. The summed E-state index contributed by atoms with van der Waals surface area (Å²) >= 11 is 0. The second-order valence-electron chi connectivity index (χ2n) is 6.27. The summed E-state index contributed by atoms with van der Waals surface area (Å²) in [6.45, 7) is 2.58. The first-order valence-corrected chi connectivity index (χ1v) is 8.35. The van der Waals surface area contributed by atoms with Gasteiger partial charge in [0.2, 0.25) is 0 Å². The normalized spacial score (nSPS) is 16.0. The second kappa shape index (κ2) is 6.40. The van der Waals surface area contributed by atoms with Crippen LogP contribution in [0.5, 0.6) is 0 Å². The molecule has 1 amide bonds. The standard InChI is InChI=1S/C21H19N3O/c1-15-11-12-22-19(13-15)23-20-17-9-5-6-10-18(17)21(25)24(20)14-16-7-3-2-4-8-16/h2-13,20H,14H2,1H3,(H,22,23). The van der Waals surface area contributed by atoms with Crippen molar-refractivity contribution >= 4 is 11.7 Å². The zero-order valence-corrected chi connectivity index (χ0v) is 14.0. The van der Waals surface area contributed by atoms with E-state index in [4.69, 9.17) is 0 Å². The van der Waals surface area contributed by atoms with E-state index in [1.165, 1.54) is 0 Å². The smallest absolute Gasteiger partial charge is 0.256 e. The molecule has 0 fully saturated rings. The summed E-state index contributed by atoms with van der Waals surface area (Å²) in [5.74, 6) is 0.817. The number of benzene rings is 2. The van der Waals surface area contributed by atoms with E-state index in [2.05, 4.69) is 10.3 Å². The minimum absolute atomic E-state index is 0.0459. The van der Waals surface area contributed by atoms with Crippen LogP contribution >= 0.6 is 0 Å². The Kier molecular flexibility index (Phi) is 3.94. The van der Waals surface area contributed by atoms with Crippen molar-refractivity contribution < 1.29 is 4.79 Å². The second-order valence-corrected chi connectivity index (χ2v) is 6.27. The molecule has 0 aliphatic carbocycles.